The number of hydrogen-bond acceptors (Lipinski definition) is 4. The maximum atomic E-state index is 12.1. The second-order valence-electron chi connectivity index (χ2n) is 6.98. The van der Waals surface area contributed by atoms with Crippen molar-refractivity contribution in [2.75, 3.05) is 16.4 Å². The molecule has 1 amide bonds. The van der Waals surface area contributed by atoms with Crippen molar-refractivity contribution in [1.29, 1.82) is 0 Å². The Kier molecular flexibility index (Phi) is 6.07. The van der Waals surface area contributed by atoms with Gasteiger partial charge in [0.05, 0.1) is 17.5 Å². The fourth-order valence-corrected chi connectivity index (χ4v) is 7.38. The van der Waals surface area contributed by atoms with Gasteiger partial charge in [-0.25, -0.2) is 8.42 Å². The summed E-state index contributed by atoms with van der Waals surface area (Å²) in [5.74, 6) is 0.153. The van der Waals surface area contributed by atoms with E-state index in [0.29, 0.717) is 11.6 Å². The number of sulfone groups is 1. The molecule has 0 aromatic heterocycles. The zero-order valence-corrected chi connectivity index (χ0v) is 17.0. The lowest BCUT2D eigenvalue weighted by molar-refractivity contribution is -0.117. The summed E-state index contributed by atoms with van der Waals surface area (Å²) in [6.45, 7) is 4.13. The lowest BCUT2D eigenvalue weighted by atomic mass is 10.1. The Bertz CT molecular complexity index is 788. The molecule has 2 fully saturated rings. The number of anilines is 1. The highest BCUT2D eigenvalue weighted by Gasteiger charge is 2.49. The molecule has 0 unspecified atom stereocenters. The van der Waals surface area contributed by atoms with Gasteiger partial charge >= 0.3 is 0 Å². The van der Waals surface area contributed by atoms with Gasteiger partial charge in [0.1, 0.15) is 0 Å². The molecule has 2 heterocycles. The SMILES string of the molecule is CCCCc1ccc(N2C(=NC(=O)CCC)S[C@@H]3CS(=O)(=O)C[C@@H]32)cc1. The Morgan fingerprint density at radius 1 is 1.19 bits per heavy atom. The van der Waals surface area contributed by atoms with Crippen LogP contribution in [0.25, 0.3) is 0 Å². The molecule has 0 N–H and O–H groups in total. The minimum absolute atomic E-state index is 0.0482. The molecule has 0 aliphatic carbocycles. The molecule has 3 rings (SSSR count). The molecule has 2 aliphatic heterocycles. The topological polar surface area (TPSA) is 66.8 Å². The number of unbranched alkanes of at least 4 members (excludes halogenated alkanes) is 1. The zero-order valence-electron chi connectivity index (χ0n) is 15.3. The smallest absolute Gasteiger partial charge is 0.248 e. The van der Waals surface area contributed by atoms with Gasteiger partial charge < -0.3 is 4.90 Å². The van der Waals surface area contributed by atoms with Crippen molar-refractivity contribution < 1.29 is 13.2 Å². The van der Waals surface area contributed by atoms with Gasteiger partial charge in [-0.05, 0) is 37.0 Å². The molecule has 1 aromatic rings. The van der Waals surface area contributed by atoms with Gasteiger partial charge in [0.15, 0.2) is 15.0 Å². The number of amides is 1. The van der Waals surface area contributed by atoms with Gasteiger partial charge in [0.2, 0.25) is 5.91 Å². The summed E-state index contributed by atoms with van der Waals surface area (Å²) in [6, 6.07) is 8.10. The third-order valence-corrected chi connectivity index (χ3v) is 7.99. The Hall–Kier alpha value is -1.34. The molecule has 26 heavy (non-hydrogen) atoms. The lowest BCUT2D eigenvalue weighted by Gasteiger charge is -2.24. The number of carbonyl (C=O) groups is 1. The van der Waals surface area contributed by atoms with E-state index in [4.69, 9.17) is 0 Å². The monoisotopic (exact) mass is 394 g/mol. The molecule has 142 valence electrons. The largest absolute Gasteiger partial charge is 0.316 e. The standard InChI is InChI=1S/C19H26N2O3S2/c1-3-5-7-14-8-10-15(11-9-14)21-16-12-26(23,24)13-17(16)25-19(21)20-18(22)6-4-2/h8-11,16-17H,3-7,12-13H2,1-2H3/t16-,17+/m0/s1. The first-order valence-corrected chi connectivity index (χ1v) is 12.0. The van der Waals surface area contributed by atoms with Gasteiger partial charge in [0.25, 0.3) is 0 Å². The Labute approximate surface area is 160 Å². The Morgan fingerprint density at radius 2 is 1.92 bits per heavy atom. The van der Waals surface area contributed by atoms with Crippen molar-refractivity contribution in [1.82, 2.24) is 0 Å². The van der Waals surface area contributed by atoms with Crippen LogP contribution in [0.4, 0.5) is 5.69 Å². The fourth-order valence-electron chi connectivity index (χ4n) is 3.45. The zero-order chi connectivity index (χ0) is 18.7. The number of rotatable bonds is 6. The third kappa shape index (κ3) is 4.31. The summed E-state index contributed by atoms with van der Waals surface area (Å²) in [6.07, 6.45) is 4.53. The third-order valence-electron chi connectivity index (χ3n) is 4.78. The molecule has 0 radical (unpaired) electrons. The number of carbonyl (C=O) groups excluding carboxylic acids is 1. The van der Waals surface area contributed by atoms with Crippen LogP contribution in [0.2, 0.25) is 0 Å². The van der Waals surface area contributed by atoms with Gasteiger partial charge in [-0.15, -0.1) is 0 Å². The van der Waals surface area contributed by atoms with Crippen LogP contribution in [0.15, 0.2) is 29.3 Å². The fraction of sp³-hybridized carbons (Fsp3) is 0.579. The van der Waals surface area contributed by atoms with Crippen LogP contribution in [0.5, 0.6) is 0 Å². The van der Waals surface area contributed by atoms with E-state index in [0.717, 1.165) is 31.4 Å². The molecule has 2 atom stereocenters. The molecular weight excluding hydrogens is 368 g/mol. The van der Waals surface area contributed by atoms with Crippen LogP contribution in [0.1, 0.15) is 45.1 Å². The van der Waals surface area contributed by atoms with Crippen LogP contribution in [-0.4, -0.2) is 42.3 Å². The molecule has 0 bridgehead atoms. The molecular formula is C19H26N2O3S2. The molecule has 5 nitrogen and oxygen atoms in total. The van der Waals surface area contributed by atoms with Crippen molar-refractivity contribution in [3.63, 3.8) is 0 Å². The summed E-state index contributed by atoms with van der Waals surface area (Å²) < 4.78 is 24.2. The number of nitrogens with zero attached hydrogens (tertiary/aromatic N) is 2. The van der Waals surface area contributed by atoms with E-state index >= 15 is 0 Å². The lowest BCUT2D eigenvalue weighted by Crippen LogP contribution is -2.37. The second-order valence-corrected chi connectivity index (χ2v) is 10.3. The van der Waals surface area contributed by atoms with Crippen molar-refractivity contribution in [2.24, 2.45) is 4.99 Å². The van der Waals surface area contributed by atoms with Gasteiger partial charge in [-0.3, -0.25) is 4.79 Å². The average molecular weight is 395 g/mol. The first-order valence-electron chi connectivity index (χ1n) is 9.30. The number of benzene rings is 1. The van der Waals surface area contributed by atoms with Crippen molar-refractivity contribution in [2.45, 2.75) is 57.2 Å². The van der Waals surface area contributed by atoms with Crippen LogP contribution in [0, 0.1) is 0 Å². The molecule has 0 spiro atoms. The number of aliphatic imine (C=N–C) groups is 1. The first-order chi connectivity index (χ1) is 12.4. The van der Waals surface area contributed by atoms with Crippen LogP contribution in [-0.2, 0) is 21.1 Å². The molecule has 0 saturated carbocycles. The summed E-state index contributed by atoms with van der Waals surface area (Å²) in [5.41, 5.74) is 2.20. The highest BCUT2D eigenvalue weighted by Crippen LogP contribution is 2.41. The minimum atomic E-state index is -3.03. The summed E-state index contributed by atoms with van der Waals surface area (Å²) in [7, 11) is -3.03. The highest BCUT2D eigenvalue weighted by molar-refractivity contribution is 8.16. The van der Waals surface area contributed by atoms with E-state index in [1.807, 2.05) is 24.0 Å². The summed E-state index contributed by atoms with van der Waals surface area (Å²) in [5, 5.41) is 0.600. The number of thioether (sulfide) groups is 1. The molecule has 2 aliphatic rings. The van der Waals surface area contributed by atoms with Crippen LogP contribution in [0.3, 0.4) is 0 Å². The first kappa shape index (κ1) is 19.4. The minimum Gasteiger partial charge on any atom is -0.316 e. The van der Waals surface area contributed by atoms with Gasteiger partial charge in [-0.2, -0.15) is 4.99 Å². The Balaban J connectivity index is 1.89. The summed E-state index contributed by atoms with van der Waals surface area (Å²) in [4.78, 5) is 18.3. The average Bonchev–Trinajstić information content (AvgIpc) is 3.04. The van der Waals surface area contributed by atoms with Crippen molar-refractivity contribution >= 4 is 38.4 Å². The second kappa shape index (κ2) is 8.13. The maximum absolute atomic E-state index is 12.1. The van der Waals surface area contributed by atoms with E-state index in [1.165, 1.54) is 17.3 Å². The van der Waals surface area contributed by atoms with Crippen LogP contribution >= 0.6 is 11.8 Å². The van der Waals surface area contributed by atoms with E-state index in [2.05, 4.69) is 24.0 Å². The predicted molar refractivity (Wildman–Crippen MR) is 109 cm³/mol. The van der Waals surface area contributed by atoms with E-state index in [-0.39, 0.29) is 28.7 Å². The van der Waals surface area contributed by atoms with E-state index in [9.17, 15) is 13.2 Å². The molecule has 7 heteroatoms. The number of hydrogen-bond donors (Lipinski definition) is 0. The maximum Gasteiger partial charge on any atom is 0.248 e. The number of amidine groups is 1. The number of aryl methyl sites for hydroxylation is 1. The highest BCUT2D eigenvalue weighted by atomic mass is 32.2. The normalized spacial score (nSPS) is 25.6. The summed E-state index contributed by atoms with van der Waals surface area (Å²) >= 11 is 1.43. The Morgan fingerprint density at radius 3 is 2.58 bits per heavy atom. The van der Waals surface area contributed by atoms with Crippen LogP contribution < -0.4 is 4.90 Å². The quantitative estimate of drug-likeness (QED) is 0.739. The molecule has 1 aromatic carbocycles. The predicted octanol–water partition coefficient (Wildman–Crippen LogP) is 3.43. The molecule has 2 saturated heterocycles. The number of fused-ring (bicyclic) bond motifs is 1. The van der Waals surface area contributed by atoms with Crippen molar-refractivity contribution in [3.05, 3.63) is 29.8 Å². The van der Waals surface area contributed by atoms with Gasteiger partial charge in [0, 0.05) is 17.4 Å². The van der Waals surface area contributed by atoms with Crippen molar-refractivity contribution in [3.8, 4) is 0 Å². The van der Waals surface area contributed by atoms with E-state index in [1.54, 1.807) is 0 Å². The van der Waals surface area contributed by atoms with Gasteiger partial charge in [-0.1, -0.05) is 44.2 Å². The van der Waals surface area contributed by atoms with E-state index < -0.39 is 9.84 Å².